The van der Waals surface area contributed by atoms with E-state index in [-0.39, 0.29) is 34.8 Å². The molecule has 0 bridgehead atoms. The Labute approximate surface area is 241 Å². The van der Waals surface area contributed by atoms with Crippen LogP contribution in [0.25, 0.3) is 0 Å². The molecule has 0 radical (unpaired) electrons. The molecular formula is C30H27F3N4O4S. The number of ether oxygens (including phenoxy) is 1. The predicted molar refractivity (Wildman–Crippen MR) is 151 cm³/mol. The predicted octanol–water partition coefficient (Wildman–Crippen LogP) is 5.65. The molecule has 1 amide bonds. The molecule has 1 N–H and O–H groups in total. The third-order valence-electron chi connectivity index (χ3n) is 6.29. The van der Waals surface area contributed by atoms with Gasteiger partial charge in [-0.1, -0.05) is 30.3 Å². The second-order valence-corrected chi connectivity index (χ2v) is 11.2. The second-order valence-electron chi connectivity index (χ2n) is 9.22. The van der Waals surface area contributed by atoms with Crippen LogP contribution in [-0.4, -0.2) is 36.4 Å². The quantitative estimate of drug-likeness (QED) is 0.188. The summed E-state index contributed by atoms with van der Waals surface area (Å²) in [4.78, 5) is 16.8. The summed E-state index contributed by atoms with van der Waals surface area (Å²) in [6.45, 7) is 1.56. The number of amides is 1. The highest BCUT2D eigenvalue weighted by Crippen LogP contribution is 2.29. The monoisotopic (exact) mass is 596 g/mol. The summed E-state index contributed by atoms with van der Waals surface area (Å²) in [6.07, 6.45) is -1.31. The lowest BCUT2D eigenvalue weighted by Crippen LogP contribution is -2.30. The molecule has 0 saturated carbocycles. The number of benzene rings is 3. The van der Waals surface area contributed by atoms with Gasteiger partial charge in [0.1, 0.15) is 5.75 Å². The molecule has 0 atom stereocenters. The van der Waals surface area contributed by atoms with E-state index in [2.05, 4.69) is 15.5 Å². The van der Waals surface area contributed by atoms with Crippen molar-refractivity contribution in [1.82, 2.24) is 14.7 Å². The van der Waals surface area contributed by atoms with Gasteiger partial charge in [-0.05, 0) is 78.2 Å². The number of pyridine rings is 1. The molecule has 0 saturated heterocycles. The van der Waals surface area contributed by atoms with Crippen LogP contribution in [0.5, 0.6) is 5.75 Å². The number of nitrogens with one attached hydrogen (secondary N) is 1. The summed E-state index contributed by atoms with van der Waals surface area (Å²) >= 11 is 0. The third-order valence-corrected chi connectivity index (χ3v) is 8.09. The van der Waals surface area contributed by atoms with Gasteiger partial charge < -0.3 is 4.74 Å². The van der Waals surface area contributed by atoms with E-state index < -0.39 is 27.7 Å². The van der Waals surface area contributed by atoms with Crippen LogP contribution in [0.15, 0.2) is 107 Å². The van der Waals surface area contributed by atoms with E-state index in [9.17, 15) is 26.4 Å². The van der Waals surface area contributed by atoms with Gasteiger partial charge in [0.2, 0.25) is 10.0 Å². The molecule has 218 valence electrons. The van der Waals surface area contributed by atoms with Crippen LogP contribution in [0, 0.1) is 0 Å². The fourth-order valence-corrected chi connectivity index (χ4v) is 5.38. The Bertz CT molecular complexity index is 1660. The zero-order valence-electron chi connectivity index (χ0n) is 22.7. The van der Waals surface area contributed by atoms with Crippen LogP contribution in [0.2, 0.25) is 0 Å². The van der Waals surface area contributed by atoms with Gasteiger partial charge in [-0.3, -0.25) is 9.78 Å². The first-order chi connectivity index (χ1) is 20.0. The summed E-state index contributed by atoms with van der Waals surface area (Å²) < 4.78 is 72.6. The smallest absolute Gasteiger partial charge is 0.416 e. The van der Waals surface area contributed by atoms with Gasteiger partial charge in [0, 0.05) is 31.0 Å². The normalized spacial score (nSPS) is 12.3. The molecule has 42 heavy (non-hydrogen) atoms. The van der Waals surface area contributed by atoms with Crippen molar-refractivity contribution in [2.75, 3.05) is 7.11 Å². The Hall–Kier alpha value is -4.55. The Morgan fingerprint density at radius 1 is 0.929 bits per heavy atom. The van der Waals surface area contributed by atoms with Gasteiger partial charge >= 0.3 is 6.18 Å². The van der Waals surface area contributed by atoms with Crippen molar-refractivity contribution in [3.63, 3.8) is 0 Å². The Morgan fingerprint density at radius 3 is 2.24 bits per heavy atom. The molecule has 0 aliphatic carbocycles. The molecule has 4 rings (SSSR count). The largest absolute Gasteiger partial charge is 0.497 e. The number of carbonyl (C=O) groups excluding carboxylic acids is 1. The van der Waals surface area contributed by atoms with Crippen LogP contribution in [-0.2, 0) is 29.3 Å². The van der Waals surface area contributed by atoms with Gasteiger partial charge in [-0.15, -0.1) is 0 Å². The molecule has 0 spiro atoms. The van der Waals surface area contributed by atoms with E-state index in [0.29, 0.717) is 16.9 Å². The third kappa shape index (κ3) is 7.59. The lowest BCUT2D eigenvalue weighted by Gasteiger charge is -2.22. The maximum absolute atomic E-state index is 13.6. The van der Waals surface area contributed by atoms with Crippen LogP contribution >= 0.6 is 0 Å². The van der Waals surface area contributed by atoms with Crippen LogP contribution in [0.3, 0.4) is 0 Å². The lowest BCUT2D eigenvalue weighted by molar-refractivity contribution is -0.137. The first-order valence-electron chi connectivity index (χ1n) is 12.6. The molecule has 8 nitrogen and oxygen atoms in total. The number of hydrogen-bond acceptors (Lipinski definition) is 6. The topological polar surface area (TPSA) is 101 Å². The van der Waals surface area contributed by atoms with Crippen LogP contribution in [0.4, 0.5) is 13.2 Å². The average Bonchev–Trinajstić information content (AvgIpc) is 3.00. The van der Waals surface area contributed by atoms with Crippen LogP contribution in [0.1, 0.15) is 39.5 Å². The first kappa shape index (κ1) is 30.4. The minimum Gasteiger partial charge on any atom is -0.497 e. The van der Waals surface area contributed by atoms with E-state index in [1.54, 1.807) is 48.8 Å². The van der Waals surface area contributed by atoms with E-state index in [1.807, 2.05) is 0 Å². The van der Waals surface area contributed by atoms with E-state index in [1.165, 1.54) is 54.7 Å². The van der Waals surface area contributed by atoms with Crippen molar-refractivity contribution in [2.45, 2.75) is 31.1 Å². The van der Waals surface area contributed by atoms with Crippen molar-refractivity contribution in [1.29, 1.82) is 0 Å². The average molecular weight is 597 g/mol. The fraction of sp³-hybridized carbons (Fsp3) is 0.167. The first-order valence-corrected chi connectivity index (χ1v) is 14.1. The summed E-state index contributed by atoms with van der Waals surface area (Å²) in [6, 6.07) is 20.5. The molecule has 3 aromatic carbocycles. The number of alkyl halides is 3. The Kier molecular flexibility index (Phi) is 9.38. The number of carbonyl (C=O) groups is 1. The van der Waals surface area contributed by atoms with E-state index >= 15 is 0 Å². The molecule has 4 aromatic rings. The molecule has 0 aliphatic rings. The van der Waals surface area contributed by atoms with Gasteiger partial charge in [0.05, 0.1) is 23.3 Å². The summed E-state index contributed by atoms with van der Waals surface area (Å²) in [7, 11) is -2.43. The summed E-state index contributed by atoms with van der Waals surface area (Å²) in [5.74, 6) is -0.0538. The van der Waals surface area contributed by atoms with Crippen molar-refractivity contribution in [3.05, 3.63) is 125 Å². The minimum absolute atomic E-state index is 0.0119. The number of hydrazone groups is 1. The summed E-state index contributed by atoms with van der Waals surface area (Å²) in [5.41, 5.74) is 3.49. The lowest BCUT2D eigenvalue weighted by atomic mass is 10.1. The number of nitrogens with zero attached hydrogens (tertiary/aromatic N) is 3. The number of halogens is 3. The zero-order valence-corrected chi connectivity index (χ0v) is 23.5. The molecular weight excluding hydrogens is 569 g/mol. The highest BCUT2D eigenvalue weighted by molar-refractivity contribution is 7.89. The van der Waals surface area contributed by atoms with Gasteiger partial charge in [-0.25, -0.2) is 13.8 Å². The second kappa shape index (κ2) is 13.0. The molecule has 1 aromatic heterocycles. The highest BCUT2D eigenvalue weighted by atomic mass is 32.2. The van der Waals surface area contributed by atoms with Gasteiger partial charge in [0.25, 0.3) is 5.91 Å². The van der Waals surface area contributed by atoms with Gasteiger partial charge in [-0.2, -0.15) is 22.6 Å². The zero-order chi connectivity index (χ0) is 30.3. The number of hydrogen-bond donors (Lipinski definition) is 1. The summed E-state index contributed by atoms with van der Waals surface area (Å²) in [5, 5.41) is 3.94. The number of aromatic nitrogens is 1. The molecule has 1 heterocycles. The molecule has 0 fully saturated rings. The standard InChI is InChI=1S/C30H27F3N4O4S/c1-21(25-6-3-7-26(17-25)30(31,32)33)35-36-29(38)24-10-8-22(9-11-24)19-37(20-23-5-4-16-34-18-23)42(39,40)28-14-12-27(41-2)13-15-28/h3-18H,19-20H2,1-2H3,(H,36,38)/b35-21-. The van der Waals surface area contributed by atoms with Crippen molar-refractivity contribution >= 4 is 21.6 Å². The van der Waals surface area contributed by atoms with Gasteiger partial charge in [0.15, 0.2) is 0 Å². The number of rotatable bonds is 10. The van der Waals surface area contributed by atoms with E-state index in [0.717, 1.165) is 12.1 Å². The molecule has 12 heteroatoms. The van der Waals surface area contributed by atoms with Crippen molar-refractivity contribution in [3.8, 4) is 5.75 Å². The van der Waals surface area contributed by atoms with Crippen LogP contribution < -0.4 is 10.2 Å². The fourth-order valence-electron chi connectivity index (χ4n) is 3.97. The number of sulfonamides is 1. The van der Waals surface area contributed by atoms with Crippen molar-refractivity contribution in [2.24, 2.45) is 5.10 Å². The maximum Gasteiger partial charge on any atom is 0.416 e. The van der Waals surface area contributed by atoms with E-state index in [4.69, 9.17) is 4.74 Å². The highest BCUT2D eigenvalue weighted by Gasteiger charge is 2.30. The van der Waals surface area contributed by atoms with Crippen molar-refractivity contribution < 1.29 is 31.1 Å². The minimum atomic E-state index is -4.50. The molecule has 0 aliphatic heterocycles. The Morgan fingerprint density at radius 2 is 1.62 bits per heavy atom. The SMILES string of the molecule is COc1ccc(S(=O)(=O)N(Cc2ccc(C(=O)N/N=C(/C)c3cccc(C(F)(F)F)c3)cc2)Cc2cccnc2)cc1. The maximum atomic E-state index is 13.6. The number of methoxy groups -OCH3 is 1. The molecule has 0 unspecified atom stereocenters. The Balaban J connectivity index is 1.50.